The van der Waals surface area contributed by atoms with Crippen molar-refractivity contribution in [3.63, 3.8) is 0 Å². The van der Waals surface area contributed by atoms with Crippen LogP contribution in [0.4, 0.5) is 0 Å². The normalized spacial score (nSPS) is 11.2. The smallest absolute Gasteiger partial charge is 0.255 e. The molecular formula is C18H30N4O2. The predicted molar refractivity (Wildman–Crippen MR) is 98.1 cm³/mol. The third-order valence-corrected chi connectivity index (χ3v) is 3.37. The van der Waals surface area contributed by atoms with Crippen molar-refractivity contribution in [2.75, 3.05) is 19.7 Å². The topological polar surface area (TPSA) is 88.7 Å². The molecule has 0 saturated heterocycles. The number of aliphatic imine (C=N–C) groups is 1. The van der Waals surface area contributed by atoms with Gasteiger partial charge in [-0.3, -0.25) is 4.79 Å². The first-order chi connectivity index (χ1) is 11.7. The number of nitrogens with zero attached hydrogens (tertiary/aromatic N) is 1. The van der Waals surface area contributed by atoms with Crippen LogP contribution in [0.1, 0.15) is 45.1 Å². The molecule has 0 unspecified atom stereocenters. The van der Waals surface area contributed by atoms with E-state index in [9.17, 15) is 4.79 Å². The quantitative estimate of drug-likeness (QED) is 0.329. The van der Waals surface area contributed by atoms with Crippen LogP contribution in [0, 0.1) is 0 Å². The SMILES string of the molecule is CCCCCCNC(=NCc1cccc(OCC(N)=O)c1)NCC. The second-order valence-electron chi connectivity index (χ2n) is 5.58. The van der Waals surface area contributed by atoms with Gasteiger partial charge in [0.1, 0.15) is 5.75 Å². The lowest BCUT2D eigenvalue weighted by molar-refractivity contribution is -0.119. The molecular weight excluding hydrogens is 304 g/mol. The van der Waals surface area contributed by atoms with Gasteiger partial charge in [-0.15, -0.1) is 0 Å². The summed E-state index contributed by atoms with van der Waals surface area (Å²) in [6, 6.07) is 7.53. The summed E-state index contributed by atoms with van der Waals surface area (Å²) in [6.45, 7) is 6.43. The number of nitrogens with one attached hydrogen (secondary N) is 2. The molecule has 0 aliphatic rings. The van der Waals surface area contributed by atoms with Crippen LogP contribution in [0.25, 0.3) is 0 Å². The highest BCUT2D eigenvalue weighted by atomic mass is 16.5. The predicted octanol–water partition coefficient (Wildman–Crippen LogP) is 2.19. The zero-order valence-electron chi connectivity index (χ0n) is 14.8. The first-order valence-corrected chi connectivity index (χ1v) is 8.68. The molecule has 0 radical (unpaired) electrons. The van der Waals surface area contributed by atoms with Crippen LogP contribution < -0.4 is 21.1 Å². The monoisotopic (exact) mass is 334 g/mol. The van der Waals surface area contributed by atoms with Gasteiger partial charge in [-0.1, -0.05) is 38.3 Å². The Labute approximate surface area is 144 Å². The van der Waals surface area contributed by atoms with Crippen molar-refractivity contribution in [2.24, 2.45) is 10.7 Å². The Kier molecular flexibility index (Phi) is 10.1. The number of rotatable bonds is 11. The molecule has 0 aromatic heterocycles. The number of primary amides is 1. The van der Waals surface area contributed by atoms with Crippen molar-refractivity contribution in [3.05, 3.63) is 29.8 Å². The van der Waals surface area contributed by atoms with E-state index in [4.69, 9.17) is 10.5 Å². The van der Waals surface area contributed by atoms with Crippen LogP contribution in [-0.2, 0) is 11.3 Å². The molecule has 6 heteroatoms. The Morgan fingerprint density at radius 3 is 2.75 bits per heavy atom. The van der Waals surface area contributed by atoms with Gasteiger partial charge in [0.05, 0.1) is 6.54 Å². The summed E-state index contributed by atoms with van der Waals surface area (Å²) in [5, 5.41) is 6.60. The molecule has 0 aliphatic carbocycles. The number of carbonyl (C=O) groups excluding carboxylic acids is 1. The Balaban J connectivity index is 2.52. The van der Waals surface area contributed by atoms with Crippen molar-refractivity contribution < 1.29 is 9.53 Å². The minimum Gasteiger partial charge on any atom is -0.484 e. The zero-order valence-corrected chi connectivity index (χ0v) is 14.8. The van der Waals surface area contributed by atoms with Crippen LogP contribution in [0.3, 0.4) is 0 Å². The fourth-order valence-electron chi connectivity index (χ4n) is 2.16. The van der Waals surface area contributed by atoms with Crippen LogP contribution in [-0.4, -0.2) is 31.6 Å². The summed E-state index contributed by atoms with van der Waals surface area (Å²) in [5.41, 5.74) is 6.10. The van der Waals surface area contributed by atoms with Crippen LogP contribution in [0.5, 0.6) is 5.75 Å². The molecule has 0 fully saturated rings. The van der Waals surface area contributed by atoms with E-state index in [2.05, 4.69) is 22.5 Å². The molecule has 1 rings (SSSR count). The number of hydrogen-bond donors (Lipinski definition) is 3. The van der Waals surface area contributed by atoms with Gasteiger partial charge >= 0.3 is 0 Å². The lowest BCUT2D eigenvalue weighted by Crippen LogP contribution is -2.37. The van der Waals surface area contributed by atoms with E-state index >= 15 is 0 Å². The molecule has 0 heterocycles. The average molecular weight is 334 g/mol. The summed E-state index contributed by atoms with van der Waals surface area (Å²) in [5.74, 6) is 0.955. The number of carbonyl (C=O) groups is 1. The molecule has 24 heavy (non-hydrogen) atoms. The number of hydrogen-bond acceptors (Lipinski definition) is 3. The first kappa shape index (κ1) is 19.8. The highest BCUT2D eigenvalue weighted by molar-refractivity contribution is 5.79. The average Bonchev–Trinajstić information content (AvgIpc) is 2.58. The van der Waals surface area contributed by atoms with Gasteiger partial charge in [-0.2, -0.15) is 0 Å². The van der Waals surface area contributed by atoms with Crippen molar-refractivity contribution in [1.82, 2.24) is 10.6 Å². The number of benzene rings is 1. The van der Waals surface area contributed by atoms with Crippen molar-refractivity contribution in [1.29, 1.82) is 0 Å². The third kappa shape index (κ3) is 9.02. The minimum absolute atomic E-state index is 0.116. The summed E-state index contributed by atoms with van der Waals surface area (Å²) >= 11 is 0. The molecule has 6 nitrogen and oxygen atoms in total. The summed E-state index contributed by atoms with van der Waals surface area (Å²) in [6.07, 6.45) is 4.90. The van der Waals surface area contributed by atoms with E-state index < -0.39 is 5.91 Å². The Morgan fingerprint density at radius 2 is 2.04 bits per heavy atom. The molecule has 1 aromatic rings. The third-order valence-electron chi connectivity index (χ3n) is 3.37. The van der Waals surface area contributed by atoms with E-state index in [-0.39, 0.29) is 6.61 Å². The number of ether oxygens (including phenoxy) is 1. The maximum atomic E-state index is 10.8. The van der Waals surface area contributed by atoms with E-state index in [0.717, 1.165) is 31.0 Å². The van der Waals surface area contributed by atoms with E-state index in [0.29, 0.717) is 12.3 Å². The summed E-state index contributed by atoms with van der Waals surface area (Å²) < 4.78 is 5.31. The highest BCUT2D eigenvalue weighted by Crippen LogP contribution is 2.13. The molecule has 4 N–H and O–H groups in total. The first-order valence-electron chi connectivity index (χ1n) is 8.68. The largest absolute Gasteiger partial charge is 0.484 e. The summed E-state index contributed by atoms with van der Waals surface area (Å²) in [4.78, 5) is 15.4. The maximum absolute atomic E-state index is 10.8. The van der Waals surface area contributed by atoms with Gasteiger partial charge in [0.15, 0.2) is 12.6 Å². The molecule has 0 saturated carbocycles. The molecule has 0 bridgehead atoms. The van der Waals surface area contributed by atoms with Gasteiger partial charge < -0.3 is 21.1 Å². The minimum atomic E-state index is -0.486. The molecule has 1 aromatic carbocycles. The lowest BCUT2D eigenvalue weighted by atomic mass is 10.2. The molecule has 1 amide bonds. The van der Waals surface area contributed by atoms with Crippen molar-refractivity contribution >= 4 is 11.9 Å². The van der Waals surface area contributed by atoms with Crippen LogP contribution in [0.2, 0.25) is 0 Å². The molecule has 0 spiro atoms. The van der Waals surface area contributed by atoms with Gasteiger partial charge in [-0.05, 0) is 31.0 Å². The zero-order chi connectivity index (χ0) is 17.6. The fourth-order valence-corrected chi connectivity index (χ4v) is 2.16. The number of guanidine groups is 1. The van der Waals surface area contributed by atoms with Crippen molar-refractivity contribution in [3.8, 4) is 5.75 Å². The number of nitrogens with two attached hydrogens (primary N) is 1. The second kappa shape index (κ2) is 12.2. The second-order valence-corrected chi connectivity index (χ2v) is 5.58. The van der Waals surface area contributed by atoms with Crippen molar-refractivity contribution in [2.45, 2.75) is 46.1 Å². The van der Waals surface area contributed by atoms with Gasteiger partial charge in [0.2, 0.25) is 0 Å². The van der Waals surface area contributed by atoms with Crippen LogP contribution in [0.15, 0.2) is 29.3 Å². The fraction of sp³-hybridized carbons (Fsp3) is 0.556. The van der Waals surface area contributed by atoms with E-state index in [1.54, 1.807) is 6.07 Å². The van der Waals surface area contributed by atoms with Gasteiger partial charge in [0, 0.05) is 13.1 Å². The lowest BCUT2D eigenvalue weighted by Gasteiger charge is -2.11. The Morgan fingerprint density at radius 1 is 1.21 bits per heavy atom. The number of unbranched alkanes of at least 4 members (excludes halogenated alkanes) is 3. The van der Waals surface area contributed by atoms with Gasteiger partial charge in [-0.25, -0.2) is 4.99 Å². The van der Waals surface area contributed by atoms with Gasteiger partial charge in [0.25, 0.3) is 5.91 Å². The summed E-state index contributed by atoms with van der Waals surface area (Å²) in [7, 11) is 0. The molecule has 134 valence electrons. The molecule has 0 aliphatic heterocycles. The maximum Gasteiger partial charge on any atom is 0.255 e. The standard InChI is InChI=1S/C18H30N4O2/c1-3-5-6-7-11-21-18(20-4-2)22-13-15-9-8-10-16(12-15)24-14-17(19)23/h8-10,12H,3-7,11,13-14H2,1-2H3,(H2,19,23)(H2,20,21,22). The Bertz CT molecular complexity index is 517. The van der Waals surface area contributed by atoms with Crippen LogP contribution >= 0.6 is 0 Å². The molecule has 0 atom stereocenters. The highest BCUT2D eigenvalue weighted by Gasteiger charge is 2.01. The number of amides is 1. The van der Waals surface area contributed by atoms with E-state index in [1.165, 1.54) is 19.3 Å². The Hall–Kier alpha value is -2.24. The van der Waals surface area contributed by atoms with E-state index in [1.807, 2.05) is 25.1 Å².